The van der Waals surface area contributed by atoms with E-state index in [4.69, 9.17) is 0 Å². The van der Waals surface area contributed by atoms with Crippen molar-refractivity contribution in [3.63, 3.8) is 0 Å². The van der Waals surface area contributed by atoms with Crippen LogP contribution in [0.1, 0.15) is 23.6 Å². The van der Waals surface area contributed by atoms with Crippen LogP contribution in [0, 0.1) is 6.92 Å². The van der Waals surface area contributed by atoms with Gasteiger partial charge in [0.25, 0.3) is 0 Å². The van der Waals surface area contributed by atoms with Gasteiger partial charge in [0.15, 0.2) is 0 Å². The van der Waals surface area contributed by atoms with Crippen LogP contribution in [-0.2, 0) is 27.4 Å². The minimum Gasteiger partial charge on any atom is -0.324 e. The van der Waals surface area contributed by atoms with E-state index in [1.807, 2.05) is 36.8 Å². The first-order chi connectivity index (χ1) is 12.5. The molecule has 0 radical (unpaired) electrons. The Balaban J connectivity index is 2.11. The average molecular weight is 400 g/mol. The highest BCUT2D eigenvalue weighted by Crippen LogP contribution is 2.30. The lowest BCUT2D eigenvalue weighted by Crippen LogP contribution is -2.33. The van der Waals surface area contributed by atoms with Gasteiger partial charge in [0, 0.05) is 5.69 Å². The number of sulfonamides is 1. The van der Waals surface area contributed by atoms with Crippen molar-refractivity contribution in [1.82, 2.24) is 4.72 Å². The van der Waals surface area contributed by atoms with Crippen LogP contribution in [-0.4, -0.2) is 20.9 Å². The summed E-state index contributed by atoms with van der Waals surface area (Å²) in [5.41, 5.74) is 1.23. The molecule has 2 N–H and O–H groups in total. The van der Waals surface area contributed by atoms with Crippen molar-refractivity contribution in [2.24, 2.45) is 0 Å². The second kappa shape index (κ2) is 8.10. The fourth-order valence-electron chi connectivity index (χ4n) is 2.47. The Labute approximate surface area is 155 Å². The average Bonchev–Trinajstić information content (AvgIpc) is 2.61. The van der Waals surface area contributed by atoms with E-state index in [-0.39, 0.29) is 0 Å². The predicted octanol–water partition coefficient (Wildman–Crippen LogP) is 3.49. The number of rotatable bonds is 6. The number of para-hydroxylation sites is 1. The molecule has 27 heavy (non-hydrogen) atoms. The molecule has 2 aromatic rings. The predicted molar refractivity (Wildman–Crippen MR) is 95.8 cm³/mol. The summed E-state index contributed by atoms with van der Waals surface area (Å²) in [6.45, 7) is 3.12. The minimum atomic E-state index is -4.66. The highest BCUT2D eigenvalue weighted by atomic mass is 32.2. The molecule has 0 saturated heterocycles. The zero-order valence-electron chi connectivity index (χ0n) is 14.7. The van der Waals surface area contributed by atoms with E-state index < -0.39 is 39.1 Å². The molecule has 0 aliphatic rings. The molecule has 1 amide bonds. The smallest absolute Gasteiger partial charge is 0.324 e. The van der Waals surface area contributed by atoms with E-state index in [0.717, 1.165) is 29.3 Å². The van der Waals surface area contributed by atoms with Crippen LogP contribution in [0.5, 0.6) is 0 Å². The van der Waals surface area contributed by atoms with Gasteiger partial charge in [0.05, 0.1) is 17.0 Å². The van der Waals surface area contributed by atoms with Gasteiger partial charge in [-0.05, 0) is 42.7 Å². The van der Waals surface area contributed by atoms with E-state index in [0.29, 0.717) is 18.2 Å². The van der Waals surface area contributed by atoms with Crippen molar-refractivity contribution in [1.29, 1.82) is 0 Å². The highest BCUT2D eigenvalue weighted by molar-refractivity contribution is 7.89. The minimum absolute atomic E-state index is 0.525. The Bertz CT molecular complexity index is 941. The second-order valence-electron chi connectivity index (χ2n) is 5.86. The lowest BCUT2D eigenvalue weighted by Gasteiger charge is -2.14. The Kier molecular flexibility index (Phi) is 6.27. The summed E-state index contributed by atoms with van der Waals surface area (Å²) >= 11 is 0. The van der Waals surface area contributed by atoms with Crippen molar-refractivity contribution >= 4 is 21.6 Å². The first-order valence-electron chi connectivity index (χ1n) is 8.10. The Morgan fingerprint density at radius 1 is 1.11 bits per heavy atom. The monoisotopic (exact) mass is 400 g/mol. The van der Waals surface area contributed by atoms with Crippen LogP contribution in [0.15, 0.2) is 47.4 Å². The van der Waals surface area contributed by atoms with Gasteiger partial charge < -0.3 is 5.32 Å². The molecule has 0 aliphatic carbocycles. The summed E-state index contributed by atoms with van der Waals surface area (Å²) in [5, 5.41) is 2.64. The molecule has 0 spiro atoms. The highest BCUT2D eigenvalue weighted by Gasteiger charge is 2.31. The number of carbonyl (C=O) groups is 1. The number of hydrogen-bond acceptors (Lipinski definition) is 3. The van der Waals surface area contributed by atoms with Gasteiger partial charge in [-0.3, -0.25) is 4.79 Å². The number of halogens is 3. The largest absolute Gasteiger partial charge is 0.416 e. The van der Waals surface area contributed by atoms with Crippen LogP contribution in [0.3, 0.4) is 0 Å². The van der Waals surface area contributed by atoms with E-state index in [1.165, 1.54) is 0 Å². The molecule has 2 rings (SSSR count). The van der Waals surface area contributed by atoms with Crippen molar-refractivity contribution in [2.75, 3.05) is 11.9 Å². The van der Waals surface area contributed by atoms with Crippen molar-refractivity contribution < 1.29 is 26.4 Å². The first kappa shape index (κ1) is 20.9. The maximum Gasteiger partial charge on any atom is 0.416 e. The lowest BCUT2D eigenvalue weighted by molar-refractivity contribution is -0.137. The number of anilines is 1. The van der Waals surface area contributed by atoms with E-state index in [9.17, 15) is 26.4 Å². The molecule has 0 bridgehead atoms. The molecule has 0 aliphatic heterocycles. The SMILES string of the molecule is CCc1cccc(C)c1NC(=O)CNS(=O)(=O)c1cccc(C(F)(F)F)c1. The molecule has 0 aromatic heterocycles. The molecule has 0 unspecified atom stereocenters. The van der Waals surface area contributed by atoms with Crippen molar-refractivity contribution in [2.45, 2.75) is 31.3 Å². The number of aryl methyl sites for hydroxylation is 2. The van der Waals surface area contributed by atoms with Crippen LogP contribution in [0.4, 0.5) is 18.9 Å². The molecule has 9 heteroatoms. The Morgan fingerprint density at radius 2 is 1.78 bits per heavy atom. The molecule has 0 fully saturated rings. The summed E-state index contributed by atoms with van der Waals surface area (Å²) in [7, 11) is -4.27. The third-order valence-electron chi connectivity index (χ3n) is 3.90. The summed E-state index contributed by atoms with van der Waals surface area (Å²) in [5.74, 6) is -0.616. The topological polar surface area (TPSA) is 75.3 Å². The third kappa shape index (κ3) is 5.30. The fraction of sp³-hybridized carbons (Fsp3) is 0.278. The maximum absolute atomic E-state index is 12.7. The standard InChI is InChI=1S/C18H19F3N2O3S/c1-3-13-7-4-6-12(2)17(13)23-16(24)11-22-27(25,26)15-9-5-8-14(10-15)18(19,20)21/h4-10,22H,3,11H2,1-2H3,(H,23,24). The van der Waals surface area contributed by atoms with Gasteiger partial charge >= 0.3 is 6.18 Å². The van der Waals surface area contributed by atoms with Gasteiger partial charge in [-0.15, -0.1) is 0 Å². The first-order valence-corrected chi connectivity index (χ1v) is 9.58. The van der Waals surface area contributed by atoms with E-state index in [1.54, 1.807) is 0 Å². The van der Waals surface area contributed by atoms with E-state index >= 15 is 0 Å². The molecular weight excluding hydrogens is 381 g/mol. The van der Waals surface area contributed by atoms with Gasteiger partial charge in [-0.25, -0.2) is 13.1 Å². The molecule has 0 heterocycles. The number of hydrogen-bond donors (Lipinski definition) is 2. The van der Waals surface area contributed by atoms with Gasteiger partial charge in [-0.2, -0.15) is 13.2 Å². The van der Waals surface area contributed by atoms with Crippen LogP contribution in [0.2, 0.25) is 0 Å². The Morgan fingerprint density at radius 3 is 2.41 bits per heavy atom. The van der Waals surface area contributed by atoms with Gasteiger partial charge in [0.1, 0.15) is 0 Å². The zero-order valence-corrected chi connectivity index (χ0v) is 15.5. The molecule has 146 valence electrons. The summed E-state index contributed by atoms with van der Waals surface area (Å²) in [6.07, 6.45) is -3.99. The number of amides is 1. The molecule has 2 aromatic carbocycles. The van der Waals surface area contributed by atoms with Crippen LogP contribution < -0.4 is 10.0 Å². The fourth-order valence-corrected chi connectivity index (χ4v) is 3.50. The molecular formula is C18H19F3N2O3S. The quantitative estimate of drug-likeness (QED) is 0.779. The third-order valence-corrected chi connectivity index (χ3v) is 5.30. The molecule has 0 atom stereocenters. The van der Waals surface area contributed by atoms with Crippen LogP contribution in [0.25, 0.3) is 0 Å². The maximum atomic E-state index is 12.7. The number of nitrogens with one attached hydrogen (secondary N) is 2. The second-order valence-corrected chi connectivity index (χ2v) is 7.63. The molecule has 5 nitrogen and oxygen atoms in total. The number of carbonyl (C=O) groups excluding carboxylic acids is 1. The number of benzene rings is 2. The molecule has 0 saturated carbocycles. The Hall–Kier alpha value is -2.39. The lowest BCUT2D eigenvalue weighted by atomic mass is 10.1. The van der Waals surface area contributed by atoms with Crippen molar-refractivity contribution in [3.8, 4) is 0 Å². The van der Waals surface area contributed by atoms with Gasteiger partial charge in [-0.1, -0.05) is 31.2 Å². The summed E-state index contributed by atoms with van der Waals surface area (Å²) in [4.78, 5) is 11.6. The van der Waals surface area contributed by atoms with Gasteiger partial charge in [0.2, 0.25) is 15.9 Å². The normalized spacial score (nSPS) is 12.0. The number of alkyl halides is 3. The van der Waals surface area contributed by atoms with Crippen molar-refractivity contribution in [3.05, 3.63) is 59.2 Å². The van der Waals surface area contributed by atoms with Crippen LogP contribution >= 0.6 is 0 Å². The zero-order chi connectivity index (χ0) is 20.2. The summed E-state index contributed by atoms with van der Waals surface area (Å²) < 4.78 is 64.7. The summed E-state index contributed by atoms with van der Waals surface area (Å²) in [6, 6.07) is 8.83. The van der Waals surface area contributed by atoms with E-state index in [2.05, 4.69) is 5.32 Å².